The van der Waals surface area contributed by atoms with E-state index in [0.29, 0.717) is 27.8 Å². The number of aromatic amines is 1. The number of carbonyl (C=O) groups is 2. The molecule has 2 N–H and O–H groups in total. The van der Waals surface area contributed by atoms with Crippen LogP contribution in [-0.2, 0) is 9.59 Å². The number of fused-ring (bicyclic) bond motifs is 1. The highest BCUT2D eigenvalue weighted by Crippen LogP contribution is 2.26. The number of amides is 2. The van der Waals surface area contributed by atoms with Crippen LogP contribution in [0.15, 0.2) is 18.2 Å². The van der Waals surface area contributed by atoms with Crippen LogP contribution in [0.4, 0.5) is 0 Å². The first kappa shape index (κ1) is 12.6. The molecule has 100 valence electrons. The average Bonchev–Trinajstić information content (AvgIpc) is 2.75. The molecular formula is C13H10N4O2S. The van der Waals surface area contributed by atoms with Gasteiger partial charge in [-0.05, 0) is 30.8 Å². The Bertz CT molecular complexity index is 827. The van der Waals surface area contributed by atoms with Crippen molar-refractivity contribution in [3.05, 3.63) is 28.5 Å². The number of carbonyl (C=O) groups excluding carboxylic acids is 2. The third-order valence-corrected chi connectivity index (χ3v) is 3.69. The van der Waals surface area contributed by atoms with Gasteiger partial charge in [-0.3, -0.25) is 14.9 Å². The lowest BCUT2D eigenvalue weighted by atomic mass is 10.1. The molecule has 0 spiro atoms. The molecule has 2 heterocycles. The van der Waals surface area contributed by atoms with Gasteiger partial charge in [-0.2, -0.15) is 5.26 Å². The van der Waals surface area contributed by atoms with Gasteiger partial charge in [0.1, 0.15) is 12.1 Å². The van der Waals surface area contributed by atoms with Gasteiger partial charge in [0.05, 0.1) is 16.6 Å². The Kier molecular flexibility index (Phi) is 2.88. The van der Waals surface area contributed by atoms with Crippen molar-refractivity contribution in [3.63, 3.8) is 0 Å². The predicted octanol–water partition coefficient (Wildman–Crippen LogP) is 1.55. The van der Waals surface area contributed by atoms with Crippen LogP contribution < -0.4 is 5.32 Å². The smallest absolute Gasteiger partial charge is 0.249 e. The first-order chi connectivity index (χ1) is 9.61. The Hall–Kier alpha value is -2.46. The van der Waals surface area contributed by atoms with Crippen LogP contribution in [0.5, 0.6) is 0 Å². The first-order valence-electron chi connectivity index (χ1n) is 6.09. The van der Waals surface area contributed by atoms with E-state index < -0.39 is 6.04 Å². The number of piperidine rings is 1. The summed E-state index contributed by atoms with van der Waals surface area (Å²) in [6, 6.07) is 6.78. The molecule has 20 heavy (non-hydrogen) atoms. The van der Waals surface area contributed by atoms with E-state index in [0.717, 1.165) is 0 Å². The summed E-state index contributed by atoms with van der Waals surface area (Å²) in [4.78, 5) is 26.2. The van der Waals surface area contributed by atoms with Crippen LogP contribution in [0.1, 0.15) is 24.4 Å². The summed E-state index contributed by atoms with van der Waals surface area (Å²) in [5.41, 5.74) is 1.79. The van der Waals surface area contributed by atoms with Gasteiger partial charge in [0.2, 0.25) is 11.8 Å². The molecule has 1 unspecified atom stereocenters. The summed E-state index contributed by atoms with van der Waals surface area (Å²) in [5, 5.41) is 11.4. The van der Waals surface area contributed by atoms with E-state index in [2.05, 4.69) is 16.4 Å². The van der Waals surface area contributed by atoms with Crippen LogP contribution in [0.3, 0.4) is 0 Å². The molecule has 1 atom stereocenters. The molecule has 1 fully saturated rings. The highest BCUT2D eigenvalue weighted by Gasteiger charge is 2.29. The minimum Gasteiger partial charge on any atom is -0.329 e. The van der Waals surface area contributed by atoms with Gasteiger partial charge >= 0.3 is 0 Å². The van der Waals surface area contributed by atoms with Crippen LogP contribution >= 0.6 is 12.2 Å². The van der Waals surface area contributed by atoms with Crippen molar-refractivity contribution >= 4 is 35.1 Å². The van der Waals surface area contributed by atoms with Gasteiger partial charge < -0.3 is 9.55 Å². The molecule has 1 aliphatic heterocycles. The van der Waals surface area contributed by atoms with Gasteiger partial charge in [0, 0.05) is 6.42 Å². The van der Waals surface area contributed by atoms with Gasteiger partial charge in [0.25, 0.3) is 0 Å². The number of nitrogens with zero attached hydrogens (tertiary/aromatic N) is 2. The SMILES string of the molecule is N#Cc1cccc2c1[nH]c(=S)n2C1CCC(=O)NC1=O. The van der Waals surface area contributed by atoms with Crippen molar-refractivity contribution < 1.29 is 9.59 Å². The molecule has 1 aromatic carbocycles. The third-order valence-electron chi connectivity index (χ3n) is 3.39. The van der Waals surface area contributed by atoms with Crippen molar-refractivity contribution in [2.24, 2.45) is 0 Å². The first-order valence-corrected chi connectivity index (χ1v) is 6.49. The normalized spacial score (nSPS) is 18.9. The Morgan fingerprint density at radius 2 is 2.20 bits per heavy atom. The summed E-state index contributed by atoms with van der Waals surface area (Å²) in [6.07, 6.45) is 0.686. The van der Waals surface area contributed by atoms with Gasteiger partial charge in [0.15, 0.2) is 4.77 Å². The zero-order valence-electron chi connectivity index (χ0n) is 10.3. The number of hydrogen-bond donors (Lipinski definition) is 2. The number of hydrogen-bond acceptors (Lipinski definition) is 4. The molecule has 0 aliphatic carbocycles. The van der Waals surface area contributed by atoms with Crippen LogP contribution in [0.25, 0.3) is 11.0 Å². The quantitative estimate of drug-likeness (QED) is 0.614. The Balaban J connectivity index is 2.20. The molecule has 1 aliphatic rings. The second-order valence-electron chi connectivity index (χ2n) is 4.58. The maximum Gasteiger partial charge on any atom is 0.249 e. The Morgan fingerprint density at radius 3 is 2.90 bits per heavy atom. The molecule has 2 amide bonds. The van der Waals surface area contributed by atoms with Crippen molar-refractivity contribution in [1.82, 2.24) is 14.9 Å². The van der Waals surface area contributed by atoms with Crippen molar-refractivity contribution in [2.45, 2.75) is 18.9 Å². The number of H-pyrrole nitrogens is 1. The molecule has 0 radical (unpaired) electrons. The standard InChI is InChI=1S/C13H10N4O2S/c14-6-7-2-1-3-8-11(7)16-13(20)17(8)9-4-5-10(18)15-12(9)19/h1-3,9H,4-5H2,(H,16,20)(H,15,18,19). The monoisotopic (exact) mass is 286 g/mol. The van der Waals surface area contributed by atoms with Gasteiger partial charge in [-0.15, -0.1) is 0 Å². The number of benzene rings is 1. The highest BCUT2D eigenvalue weighted by molar-refractivity contribution is 7.71. The lowest BCUT2D eigenvalue weighted by Crippen LogP contribution is -2.41. The molecule has 7 heteroatoms. The highest BCUT2D eigenvalue weighted by atomic mass is 32.1. The predicted molar refractivity (Wildman–Crippen MR) is 73.3 cm³/mol. The maximum atomic E-state index is 12.0. The number of aromatic nitrogens is 2. The van der Waals surface area contributed by atoms with E-state index >= 15 is 0 Å². The molecule has 2 aromatic rings. The molecule has 0 saturated carbocycles. The number of nitriles is 1. The van der Waals surface area contributed by atoms with E-state index in [4.69, 9.17) is 17.5 Å². The Labute approximate surface area is 119 Å². The fourth-order valence-electron chi connectivity index (χ4n) is 2.48. The zero-order chi connectivity index (χ0) is 14.3. The summed E-state index contributed by atoms with van der Waals surface area (Å²) in [6.45, 7) is 0. The molecule has 1 saturated heterocycles. The number of rotatable bonds is 1. The largest absolute Gasteiger partial charge is 0.329 e. The molecule has 1 aromatic heterocycles. The van der Waals surface area contributed by atoms with Crippen molar-refractivity contribution in [1.29, 1.82) is 5.26 Å². The number of nitrogens with one attached hydrogen (secondary N) is 2. The Morgan fingerprint density at radius 1 is 1.40 bits per heavy atom. The minimum absolute atomic E-state index is 0.268. The average molecular weight is 286 g/mol. The summed E-state index contributed by atoms with van der Waals surface area (Å²) < 4.78 is 2.05. The summed E-state index contributed by atoms with van der Waals surface area (Å²) >= 11 is 5.26. The molecule has 0 bridgehead atoms. The third kappa shape index (κ3) is 1.82. The van der Waals surface area contributed by atoms with E-state index in [9.17, 15) is 9.59 Å². The number of imidazole rings is 1. The fraction of sp³-hybridized carbons (Fsp3) is 0.231. The zero-order valence-corrected chi connectivity index (χ0v) is 11.2. The van der Waals surface area contributed by atoms with Crippen LogP contribution in [0, 0.1) is 16.1 Å². The van der Waals surface area contributed by atoms with Gasteiger partial charge in [-0.25, -0.2) is 0 Å². The fourth-order valence-corrected chi connectivity index (χ4v) is 2.81. The lowest BCUT2D eigenvalue weighted by molar-refractivity contribution is -0.135. The van der Waals surface area contributed by atoms with Crippen LogP contribution in [0.2, 0.25) is 0 Å². The van der Waals surface area contributed by atoms with E-state index in [1.807, 2.05) is 0 Å². The molecular weight excluding hydrogens is 276 g/mol. The van der Waals surface area contributed by atoms with Crippen molar-refractivity contribution in [2.75, 3.05) is 0 Å². The number of para-hydroxylation sites is 1. The molecule has 3 rings (SSSR count). The summed E-state index contributed by atoms with van der Waals surface area (Å²) in [5.74, 6) is -0.629. The van der Waals surface area contributed by atoms with E-state index in [-0.39, 0.29) is 18.2 Å². The van der Waals surface area contributed by atoms with Gasteiger partial charge in [-0.1, -0.05) is 6.07 Å². The molecule has 6 nitrogen and oxygen atoms in total. The maximum absolute atomic E-state index is 12.0. The number of imide groups is 1. The van der Waals surface area contributed by atoms with Crippen LogP contribution in [-0.4, -0.2) is 21.4 Å². The van der Waals surface area contributed by atoms with E-state index in [1.54, 1.807) is 22.8 Å². The minimum atomic E-state index is -0.525. The topological polar surface area (TPSA) is 90.7 Å². The summed E-state index contributed by atoms with van der Waals surface area (Å²) in [7, 11) is 0. The lowest BCUT2D eigenvalue weighted by Gasteiger charge is -2.22. The van der Waals surface area contributed by atoms with Crippen molar-refractivity contribution in [3.8, 4) is 6.07 Å². The second kappa shape index (κ2) is 4.58. The second-order valence-corrected chi connectivity index (χ2v) is 4.97. The van der Waals surface area contributed by atoms with E-state index in [1.165, 1.54) is 0 Å².